The lowest BCUT2D eigenvalue weighted by Gasteiger charge is -2.36. The highest BCUT2D eigenvalue weighted by Crippen LogP contribution is 2.18. The van der Waals surface area contributed by atoms with E-state index < -0.39 is 5.97 Å². The van der Waals surface area contributed by atoms with Crippen molar-refractivity contribution < 1.29 is 9.90 Å². The van der Waals surface area contributed by atoms with E-state index in [1.807, 2.05) is 11.8 Å². The van der Waals surface area contributed by atoms with E-state index in [1.165, 1.54) is 6.42 Å². The summed E-state index contributed by atoms with van der Waals surface area (Å²) in [6, 6.07) is 0.324. The van der Waals surface area contributed by atoms with E-state index in [0.29, 0.717) is 0 Å². The van der Waals surface area contributed by atoms with E-state index in [9.17, 15) is 4.79 Å². The molecule has 0 aliphatic carbocycles. The van der Waals surface area contributed by atoms with Crippen molar-refractivity contribution >= 4 is 5.97 Å². The fraction of sp³-hybridized carbons (Fsp3) is 0.889. The predicted molar refractivity (Wildman–Crippen MR) is 50.5 cm³/mol. The largest absolute Gasteiger partial charge is 0.480 e. The van der Waals surface area contributed by atoms with Crippen LogP contribution in [0.15, 0.2) is 0 Å². The Labute approximate surface area is 78.7 Å². The monoisotopic (exact) mass is 186 g/mol. The topological polar surface area (TPSA) is 66.6 Å². The van der Waals surface area contributed by atoms with Crippen LogP contribution in [0.3, 0.4) is 0 Å². The summed E-state index contributed by atoms with van der Waals surface area (Å²) in [5.41, 5.74) is 5.80. The molecule has 1 saturated heterocycles. The Hall–Kier alpha value is -0.610. The molecule has 0 aromatic heterocycles. The number of carbonyl (C=O) groups is 1. The van der Waals surface area contributed by atoms with Crippen molar-refractivity contribution in [1.82, 2.24) is 4.90 Å². The standard InChI is InChI=1S/C9H18N2O2/c1-7(10)8-4-2-3-5-11(8)6-9(12)13/h7-8H,2-6,10H2,1H3,(H,12,13). The minimum atomic E-state index is -0.757. The van der Waals surface area contributed by atoms with Crippen molar-refractivity contribution in [3.8, 4) is 0 Å². The second-order valence-corrected chi connectivity index (χ2v) is 3.79. The molecule has 0 bridgehead atoms. The highest BCUT2D eigenvalue weighted by Gasteiger charge is 2.26. The van der Waals surface area contributed by atoms with Crippen molar-refractivity contribution in [3.05, 3.63) is 0 Å². The van der Waals surface area contributed by atoms with Crippen LogP contribution in [-0.4, -0.2) is 41.1 Å². The lowest BCUT2D eigenvalue weighted by atomic mass is 9.97. The summed E-state index contributed by atoms with van der Waals surface area (Å²) in [5, 5.41) is 8.68. The number of rotatable bonds is 3. The number of carboxylic acids is 1. The van der Waals surface area contributed by atoms with Gasteiger partial charge < -0.3 is 10.8 Å². The Balaban J connectivity index is 2.51. The third-order valence-electron chi connectivity index (χ3n) is 2.61. The van der Waals surface area contributed by atoms with E-state index >= 15 is 0 Å². The van der Waals surface area contributed by atoms with Gasteiger partial charge in [-0.1, -0.05) is 6.42 Å². The molecule has 0 aromatic rings. The van der Waals surface area contributed by atoms with Gasteiger partial charge in [0.15, 0.2) is 0 Å². The first-order chi connectivity index (χ1) is 6.11. The molecule has 2 atom stereocenters. The molecule has 1 heterocycles. The molecule has 0 spiro atoms. The molecule has 13 heavy (non-hydrogen) atoms. The highest BCUT2D eigenvalue weighted by atomic mass is 16.4. The zero-order valence-corrected chi connectivity index (χ0v) is 8.07. The molecule has 1 fully saturated rings. The molecule has 0 aromatic carbocycles. The van der Waals surface area contributed by atoms with Crippen LogP contribution in [0.25, 0.3) is 0 Å². The first-order valence-electron chi connectivity index (χ1n) is 4.82. The molecule has 0 amide bonds. The van der Waals surface area contributed by atoms with Gasteiger partial charge in [0.2, 0.25) is 0 Å². The van der Waals surface area contributed by atoms with Crippen LogP contribution in [0.1, 0.15) is 26.2 Å². The second-order valence-electron chi connectivity index (χ2n) is 3.79. The minimum absolute atomic E-state index is 0.0691. The van der Waals surface area contributed by atoms with Gasteiger partial charge in [-0.05, 0) is 26.3 Å². The maximum Gasteiger partial charge on any atom is 0.317 e. The van der Waals surface area contributed by atoms with Crippen molar-refractivity contribution in [2.45, 2.75) is 38.3 Å². The van der Waals surface area contributed by atoms with Crippen molar-refractivity contribution in [2.75, 3.05) is 13.1 Å². The van der Waals surface area contributed by atoms with Crippen LogP contribution in [0.2, 0.25) is 0 Å². The summed E-state index contributed by atoms with van der Waals surface area (Å²) >= 11 is 0. The summed E-state index contributed by atoms with van der Waals surface area (Å²) in [6.07, 6.45) is 3.30. The number of carboxylic acid groups (broad SMARTS) is 1. The molecular weight excluding hydrogens is 168 g/mol. The fourth-order valence-electron chi connectivity index (χ4n) is 1.98. The van der Waals surface area contributed by atoms with Crippen LogP contribution in [0.5, 0.6) is 0 Å². The smallest absolute Gasteiger partial charge is 0.317 e. The number of hydrogen-bond donors (Lipinski definition) is 2. The molecule has 1 aliphatic rings. The molecule has 1 rings (SSSR count). The lowest BCUT2D eigenvalue weighted by molar-refractivity contribution is -0.139. The summed E-state index contributed by atoms with van der Waals surface area (Å²) in [7, 11) is 0. The number of likely N-dealkylation sites (tertiary alicyclic amines) is 1. The maximum atomic E-state index is 10.6. The van der Waals surface area contributed by atoms with Crippen molar-refractivity contribution in [1.29, 1.82) is 0 Å². The molecule has 4 heteroatoms. The third kappa shape index (κ3) is 2.97. The van der Waals surface area contributed by atoms with Gasteiger partial charge in [-0.25, -0.2) is 0 Å². The van der Waals surface area contributed by atoms with Crippen LogP contribution in [-0.2, 0) is 4.79 Å². The van der Waals surface area contributed by atoms with E-state index in [0.717, 1.165) is 19.4 Å². The maximum absolute atomic E-state index is 10.6. The summed E-state index contributed by atoms with van der Waals surface area (Å²) in [5.74, 6) is -0.757. The van der Waals surface area contributed by atoms with Crippen LogP contribution >= 0.6 is 0 Å². The van der Waals surface area contributed by atoms with Gasteiger partial charge in [0.25, 0.3) is 0 Å². The number of piperidine rings is 1. The van der Waals surface area contributed by atoms with Gasteiger partial charge in [0, 0.05) is 12.1 Å². The Bertz CT molecular complexity index is 182. The molecule has 1 aliphatic heterocycles. The number of nitrogens with two attached hydrogens (primary N) is 1. The first kappa shape index (κ1) is 10.5. The molecule has 76 valence electrons. The first-order valence-corrected chi connectivity index (χ1v) is 4.82. The van der Waals surface area contributed by atoms with Gasteiger partial charge in [-0.2, -0.15) is 0 Å². The SMILES string of the molecule is CC(N)C1CCCCN1CC(=O)O. The predicted octanol–water partition coefficient (Wildman–Crippen LogP) is 0.273. The average molecular weight is 186 g/mol. The zero-order valence-electron chi connectivity index (χ0n) is 8.07. The minimum Gasteiger partial charge on any atom is -0.480 e. The second kappa shape index (κ2) is 4.58. The average Bonchev–Trinajstić information content (AvgIpc) is 2.03. The quantitative estimate of drug-likeness (QED) is 0.664. The summed E-state index contributed by atoms with van der Waals surface area (Å²) in [6.45, 7) is 2.95. The van der Waals surface area contributed by atoms with Gasteiger partial charge in [-0.3, -0.25) is 9.69 Å². The van der Waals surface area contributed by atoms with Crippen LogP contribution < -0.4 is 5.73 Å². The van der Waals surface area contributed by atoms with Gasteiger partial charge in [0.1, 0.15) is 0 Å². The Morgan fingerprint density at radius 1 is 1.69 bits per heavy atom. The van der Waals surface area contributed by atoms with Gasteiger partial charge in [-0.15, -0.1) is 0 Å². The third-order valence-corrected chi connectivity index (χ3v) is 2.61. The Morgan fingerprint density at radius 3 is 2.92 bits per heavy atom. The van der Waals surface area contributed by atoms with Crippen LogP contribution in [0.4, 0.5) is 0 Å². The van der Waals surface area contributed by atoms with Gasteiger partial charge in [0.05, 0.1) is 6.54 Å². The molecule has 2 unspecified atom stereocenters. The lowest BCUT2D eigenvalue weighted by Crippen LogP contribution is -2.50. The Morgan fingerprint density at radius 2 is 2.38 bits per heavy atom. The normalized spacial score (nSPS) is 27.1. The van der Waals surface area contributed by atoms with E-state index in [2.05, 4.69) is 0 Å². The zero-order chi connectivity index (χ0) is 9.84. The van der Waals surface area contributed by atoms with Crippen molar-refractivity contribution in [3.63, 3.8) is 0 Å². The molecule has 3 N–H and O–H groups in total. The van der Waals surface area contributed by atoms with Crippen molar-refractivity contribution in [2.24, 2.45) is 5.73 Å². The summed E-state index contributed by atoms with van der Waals surface area (Å²) < 4.78 is 0. The number of hydrogen-bond acceptors (Lipinski definition) is 3. The fourth-order valence-corrected chi connectivity index (χ4v) is 1.98. The molecule has 0 radical (unpaired) electrons. The van der Waals surface area contributed by atoms with E-state index in [4.69, 9.17) is 10.8 Å². The number of aliphatic carboxylic acids is 1. The number of nitrogens with zero attached hydrogens (tertiary/aromatic N) is 1. The molecule has 0 saturated carbocycles. The Kier molecular flexibility index (Phi) is 3.69. The van der Waals surface area contributed by atoms with E-state index in [1.54, 1.807) is 0 Å². The molecule has 4 nitrogen and oxygen atoms in total. The van der Waals surface area contributed by atoms with E-state index in [-0.39, 0.29) is 18.6 Å². The van der Waals surface area contributed by atoms with Crippen LogP contribution in [0, 0.1) is 0 Å². The van der Waals surface area contributed by atoms with Gasteiger partial charge >= 0.3 is 5.97 Å². The summed E-state index contributed by atoms with van der Waals surface area (Å²) in [4.78, 5) is 12.5. The highest BCUT2D eigenvalue weighted by molar-refractivity contribution is 5.69. The molecular formula is C9H18N2O2.